The van der Waals surface area contributed by atoms with E-state index in [1.54, 1.807) is 48.5 Å². The molecular formula is C49H42N2O12. The Morgan fingerprint density at radius 1 is 0.429 bits per heavy atom. The first kappa shape index (κ1) is 44.3. The van der Waals surface area contributed by atoms with Gasteiger partial charge in [-0.15, -0.1) is 0 Å². The average molecular weight is 851 g/mol. The first-order valence-electron chi connectivity index (χ1n) is 19.4. The number of anilines is 2. The number of amides is 2. The Bertz CT molecular complexity index is 2610. The van der Waals surface area contributed by atoms with Crippen molar-refractivity contribution in [2.45, 2.75) is 47.0 Å². The summed E-state index contributed by atoms with van der Waals surface area (Å²) in [5, 5.41) is 42.9. The van der Waals surface area contributed by atoms with Crippen molar-refractivity contribution in [3.05, 3.63) is 176 Å². The van der Waals surface area contributed by atoms with Gasteiger partial charge in [-0.05, 0) is 146 Å². The minimum Gasteiger partial charge on any atom is -0.478 e. The molecule has 14 nitrogen and oxygen atoms in total. The van der Waals surface area contributed by atoms with Crippen molar-refractivity contribution in [2.75, 3.05) is 10.6 Å². The van der Waals surface area contributed by atoms with Crippen LogP contribution < -0.4 is 20.1 Å². The second-order valence-electron chi connectivity index (χ2n) is 15.4. The summed E-state index contributed by atoms with van der Waals surface area (Å²) in [5.74, 6) is -4.58. The van der Waals surface area contributed by atoms with Crippen LogP contribution in [-0.2, 0) is 5.41 Å². The van der Waals surface area contributed by atoms with Gasteiger partial charge in [-0.3, -0.25) is 9.59 Å². The molecule has 14 heteroatoms. The van der Waals surface area contributed by atoms with Gasteiger partial charge in [-0.25, -0.2) is 19.2 Å². The summed E-state index contributed by atoms with van der Waals surface area (Å²) in [5.41, 5.74) is 4.22. The number of nitrogens with one attached hydrogen (secondary N) is 2. The molecule has 0 aliphatic carbocycles. The molecule has 6 N–H and O–H groups in total. The minimum atomic E-state index is -1.37. The number of carbonyl (C=O) groups excluding carboxylic acids is 2. The Kier molecular flexibility index (Phi) is 12.5. The molecule has 0 aromatic heterocycles. The zero-order valence-corrected chi connectivity index (χ0v) is 34.9. The standard InChI is InChI=1S/C49H42N2O12/c1-25-19-31(20-26(2)41(25)62-35-13-9-33(10-14-35)50-43(52)39-23-29(45(54)55)7-17-37(39)47(58)59)49(5,6)32-21-27(3)42(28(4)22-32)63-36-15-11-34(12-16-36)51-44(53)40-24-30(46(56)57)8-18-38(40)48(60)61/h7-24H,1-6H3,(H,50,52)(H,51,53)(H,54,55)(H,56,57)(H,58,59)(H,60,61). The van der Waals surface area contributed by atoms with E-state index < -0.39 is 41.1 Å². The van der Waals surface area contributed by atoms with E-state index in [2.05, 4.69) is 48.7 Å². The summed E-state index contributed by atoms with van der Waals surface area (Å²) in [7, 11) is 0. The number of aromatic carboxylic acids is 4. The van der Waals surface area contributed by atoms with Crippen molar-refractivity contribution in [1.82, 2.24) is 0 Å². The molecule has 0 spiro atoms. The summed E-state index contributed by atoms with van der Waals surface area (Å²) < 4.78 is 12.6. The molecule has 2 amide bonds. The Hall–Kier alpha value is -8.26. The summed E-state index contributed by atoms with van der Waals surface area (Å²) in [6, 6.07) is 27.7. The van der Waals surface area contributed by atoms with Gasteiger partial charge in [0.1, 0.15) is 23.0 Å². The Labute approximate surface area is 361 Å². The number of benzene rings is 6. The smallest absolute Gasteiger partial charge is 0.336 e. The number of ether oxygens (including phenoxy) is 2. The lowest BCUT2D eigenvalue weighted by Gasteiger charge is -2.29. The second kappa shape index (κ2) is 17.8. The maximum atomic E-state index is 13.0. The van der Waals surface area contributed by atoms with Gasteiger partial charge in [0.05, 0.1) is 33.4 Å². The van der Waals surface area contributed by atoms with Crippen LogP contribution in [0.25, 0.3) is 0 Å². The van der Waals surface area contributed by atoms with Crippen LogP contribution in [0.3, 0.4) is 0 Å². The minimum absolute atomic E-state index is 0.219. The fraction of sp³-hybridized carbons (Fsp3) is 0.143. The lowest BCUT2D eigenvalue weighted by molar-refractivity contribution is 0.0679. The van der Waals surface area contributed by atoms with Crippen LogP contribution in [0.5, 0.6) is 23.0 Å². The number of carbonyl (C=O) groups is 6. The van der Waals surface area contributed by atoms with Crippen molar-refractivity contribution in [2.24, 2.45) is 0 Å². The summed E-state index contributed by atoms with van der Waals surface area (Å²) >= 11 is 0. The van der Waals surface area contributed by atoms with E-state index in [1.807, 2.05) is 27.7 Å². The predicted octanol–water partition coefficient (Wildman–Crippen LogP) is 10.1. The zero-order chi connectivity index (χ0) is 45.9. The van der Waals surface area contributed by atoms with Crippen LogP contribution in [0.2, 0.25) is 0 Å². The van der Waals surface area contributed by atoms with Crippen molar-refractivity contribution in [1.29, 1.82) is 0 Å². The predicted molar refractivity (Wildman–Crippen MR) is 234 cm³/mol. The number of rotatable bonds is 14. The Morgan fingerprint density at radius 3 is 1.03 bits per heavy atom. The third-order valence-corrected chi connectivity index (χ3v) is 10.5. The molecule has 0 heterocycles. The second-order valence-corrected chi connectivity index (χ2v) is 15.4. The van der Waals surface area contributed by atoms with Gasteiger partial charge in [-0.2, -0.15) is 0 Å². The third-order valence-electron chi connectivity index (χ3n) is 10.5. The quantitative estimate of drug-likeness (QED) is 0.0602. The maximum absolute atomic E-state index is 13.0. The van der Waals surface area contributed by atoms with Crippen molar-refractivity contribution >= 4 is 47.1 Å². The molecule has 320 valence electrons. The molecule has 0 bridgehead atoms. The van der Waals surface area contributed by atoms with Crippen molar-refractivity contribution < 1.29 is 58.7 Å². The van der Waals surface area contributed by atoms with Gasteiger partial charge in [-0.1, -0.05) is 38.1 Å². The van der Waals surface area contributed by atoms with Gasteiger partial charge in [0.25, 0.3) is 11.8 Å². The highest BCUT2D eigenvalue weighted by Gasteiger charge is 2.27. The monoisotopic (exact) mass is 850 g/mol. The number of aryl methyl sites for hydroxylation is 4. The molecule has 63 heavy (non-hydrogen) atoms. The molecule has 0 saturated carbocycles. The molecule has 0 fully saturated rings. The highest BCUT2D eigenvalue weighted by molar-refractivity contribution is 6.12. The number of carboxylic acid groups (broad SMARTS) is 4. The van der Waals surface area contributed by atoms with Crippen LogP contribution in [0, 0.1) is 27.7 Å². The van der Waals surface area contributed by atoms with Gasteiger partial charge in [0.2, 0.25) is 0 Å². The van der Waals surface area contributed by atoms with E-state index in [4.69, 9.17) is 9.47 Å². The van der Waals surface area contributed by atoms with E-state index >= 15 is 0 Å². The van der Waals surface area contributed by atoms with Crippen LogP contribution in [-0.4, -0.2) is 56.1 Å². The number of hydrogen-bond donors (Lipinski definition) is 6. The largest absolute Gasteiger partial charge is 0.478 e. The molecule has 6 aromatic rings. The fourth-order valence-electron chi connectivity index (χ4n) is 7.06. The molecular weight excluding hydrogens is 809 g/mol. The molecule has 0 saturated heterocycles. The zero-order valence-electron chi connectivity index (χ0n) is 34.9. The van der Waals surface area contributed by atoms with Crippen LogP contribution in [0.15, 0.2) is 109 Å². The number of carboxylic acids is 4. The van der Waals surface area contributed by atoms with E-state index in [-0.39, 0.29) is 33.4 Å². The molecule has 0 atom stereocenters. The summed E-state index contributed by atoms with van der Waals surface area (Å²) in [6.45, 7) is 12.1. The van der Waals surface area contributed by atoms with Crippen molar-refractivity contribution in [3.8, 4) is 23.0 Å². The van der Waals surface area contributed by atoms with E-state index in [0.717, 1.165) is 69.8 Å². The van der Waals surface area contributed by atoms with Crippen LogP contribution in [0.1, 0.15) is 109 Å². The van der Waals surface area contributed by atoms with Gasteiger partial charge in [0.15, 0.2) is 0 Å². The average Bonchev–Trinajstić information content (AvgIpc) is 3.23. The van der Waals surface area contributed by atoms with Gasteiger partial charge >= 0.3 is 23.9 Å². The van der Waals surface area contributed by atoms with Crippen LogP contribution in [0.4, 0.5) is 11.4 Å². The molecule has 6 aromatic carbocycles. The number of hydrogen-bond acceptors (Lipinski definition) is 8. The van der Waals surface area contributed by atoms with E-state index in [1.165, 1.54) is 0 Å². The molecule has 0 unspecified atom stereocenters. The highest BCUT2D eigenvalue weighted by Crippen LogP contribution is 2.40. The van der Waals surface area contributed by atoms with Gasteiger partial charge < -0.3 is 40.5 Å². The van der Waals surface area contributed by atoms with E-state index in [9.17, 15) is 49.2 Å². The van der Waals surface area contributed by atoms with Gasteiger partial charge in [0, 0.05) is 16.8 Å². The summed E-state index contributed by atoms with van der Waals surface area (Å²) in [6.07, 6.45) is 0. The normalized spacial score (nSPS) is 11.0. The Balaban J connectivity index is 1.13. The highest BCUT2D eigenvalue weighted by atomic mass is 16.5. The molecule has 6 rings (SSSR count). The fourth-order valence-corrected chi connectivity index (χ4v) is 7.06. The topological polar surface area (TPSA) is 226 Å². The van der Waals surface area contributed by atoms with E-state index in [0.29, 0.717) is 34.4 Å². The maximum Gasteiger partial charge on any atom is 0.336 e. The summed E-state index contributed by atoms with van der Waals surface area (Å²) in [4.78, 5) is 72.2. The lowest BCUT2D eigenvalue weighted by Crippen LogP contribution is -2.20. The first-order valence-corrected chi connectivity index (χ1v) is 19.4. The molecule has 0 radical (unpaired) electrons. The lowest BCUT2D eigenvalue weighted by atomic mass is 9.76. The van der Waals surface area contributed by atoms with Crippen LogP contribution >= 0.6 is 0 Å². The molecule has 0 aliphatic rings. The SMILES string of the molecule is Cc1cc(C(C)(C)c2cc(C)c(Oc3ccc(NC(=O)c4cc(C(=O)O)ccc4C(=O)O)cc3)c(C)c2)cc(C)c1Oc1ccc(NC(=O)c2cc(C(=O)O)ccc2C(=O)O)cc1. The third kappa shape index (κ3) is 9.71. The Morgan fingerprint density at radius 2 is 0.746 bits per heavy atom. The first-order chi connectivity index (χ1) is 29.7. The molecule has 0 aliphatic heterocycles. The van der Waals surface area contributed by atoms with Crippen molar-refractivity contribution in [3.63, 3.8) is 0 Å².